The van der Waals surface area contributed by atoms with Gasteiger partial charge in [0.15, 0.2) is 5.82 Å². The zero-order valence-corrected chi connectivity index (χ0v) is 11.2. The van der Waals surface area contributed by atoms with Crippen molar-refractivity contribution in [1.82, 2.24) is 14.8 Å². The van der Waals surface area contributed by atoms with Gasteiger partial charge in [-0.25, -0.2) is 0 Å². The van der Waals surface area contributed by atoms with Crippen molar-refractivity contribution >= 4 is 0 Å². The molecule has 0 unspecified atom stereocenters. The zero-order valence-electron chi connectivity index (χ0n) is 11.2. The molecule has 0 atom stereocenters. The van der Waals surface area contributed by atoms with Gasteiger partial charge in [0.2, 0.25) is 0 Å². The number of hydrogen-bond donors (Lipinski definition) is 0. The van der Waals surface area contributed by atoms with Crippen molar-refractivity contribution in [3.63, 3.8) is 0 Å². The predicted molar refractivity (Wildman–Crippen MR) is 78.8 cm³/mol. The van der Waals surface area contributed by atoms with Gasteiger partial charge < -0.3 is 0 Å². The van der Waals surface area contributed by atoms with E-state index >= 15 is 0 Å². The van der Waals surface area contributed by atoms with Crippen molar-refractivity contribution in [2.24, 2.45) is 0 Å². The Bertz CT molecular complexity index is 744. The molecule has 4 rings (SSSR count). The van der Waals surface area contributed by atoms with Gasteiger partial charge in [0.25, 0.3) is 0 Å². The summed E-state index contributed by atoms with van der Waals surface area (Å²) in [6, 6.07) is 18.9. The largest absolute Gasteiger partial charge is 0.279 e. The van der Waals surface area contributed by atoms with E-state index in [4.69, 9.17) is 0 Å². The topological polar surface area (TPSA) is 30.7 Å². The molecule has 3 aromatic rings. The molecule has 0 amide bonds. The molecule has 3 heteroatoms. The summed E-state index contributed by atoms with van der Waals surface area (Å²) in [5.41, 5.74) is 3.72. The van der Waals surface area contributed by atoms with E-state index in [1.165, 1.54) is 11.3 Å². The first-order chi connectivity index (χ1) is 9.93. The highest BCUT2D eigenvalue weighted by molar-refractivity contribution is 5.60. The standard InChI is InChI=1S/C17H15N3/c1-2-8-14(9-3-1)17-19-18-16-12-6-10-13-7-4-5-11-15(13)20(16)17/h1-5,7-9,11H,6,10,12H2. The van der Waals surface area contributed by atoms with Crippen molar-refractivity contribution in [1.29, 1.82) is 0 Å². The highest BCUT2D eigenvalue weighted by atomic mass is 15.3. The SMILES string of the molecule is c1ccc(-c2nnc3n2-c2ccccc2CCC3)cc1. The van der Waals surface area contributed by atoms with Crippen LogP contribution in [0.2, 0.25) is 0 Å². The number of aromatic nitrogens is 3. The fourth-order valence-electron chi connectivity index (χ4n) is 2.88. The molecule has 0 saturated carbocycles. The van der Waals surface area contributed by atoms with Crippen LogP contribution in [0.5, 0.6) is 0 Å². The third kappa shape index (κ3) is 1.74. The number of hydrogen-bond acceptors (Lipinski definition) is 2. The van der Waals surface area contributed by atoms with E-state index in [-0.39, 0.29) is 0 Å². The second-order valence-electron chi connectivity index (χ2n) is 5.12. The minimum Gasteiger partial charge on any atom is -0.279 e. The predicted octanol–water partition coefficient (Wildman–Crippen LogP) is 3.42. The van der Waals surface area contributed by atoms with Crippen LogP contribution in [0.1, 0.15) is 17.8 Å². The lowest BCUT2D eigenvalue weighted by molar-refractivity contribution is 0.783. The van der Waals surface area contributed by atoms with Crippen LogP contribution < -0.4 is 0 Å². The smallest absolute Gasteiger partial charge is 0.168 e. The van der Waals surface area contributed by atoms with E-state index in [0.29, 0.717) is 0 Å². The third-order valence-electron chi connectivity index (χ3n) is 3.84. The average molecular weight is 261 g/mol. The highest BCUT2D eigenvalue weighted by Gasteiger charge is 2.19. The van der Waals surface area contributed by atoms with Crippen LogP contribution in [0.25, 0.3) is 17.1 Å². The van der Waals surface area contributed by atoms with Crippen molar-refractivity contribution < 1.29 is 0 Å². The number of aryl methyl sites for hydroxylation is 2. The lowest BCUT2D eigenvalue weighted by Crippen LogP contribution is -2.02. The van der Waals surface area contributed by atoms with Gasteiger partial charge >= 0.3 is 0 Å². The first kappa shape index (κ1) is 11.4. The summed E-state index contributed by atoms with van der Waals surface area (Å²) >= 11 is 0. The fourth-order valence-corrected chi connectivity index (χ4v) is 2.88. The van der Waals surface area contributed by atoms with Gasteiger partial charge in [-0.15, -0.1) is 10.2 Å². The van der Waals surface area contributed by atoms with E-state index in [9.17, 15) is 0 Å². The van der Waals surface area contributed by atoms with Gasteiger partial charge in [-0.2, -0.15) is 0 Å². The molecule has 0 bridgehead atoms. The van der Waals surface area contributed by atoms with Crippen molar-refractivity contribution in [3.05, 3.63) is 66.0 Å². The summed E-state index contributed by atoms with van der Waals surface area (Å²) in [5.74, 6) is 2.00. The summed E-state index contributed by atoms with van der Waals surface area (Å²) in [7, 11) is 0. The molecule has 0 spiro atoms. The summed E-state index contributed by atoms with van der Waals surface area (Å²) in [6.45, 7) is 0. The van der Waals surface area contributed by atoms with Crippen LogP contribution in [-0.2, 0) is 12.8 Å². The molecule has 0 N–H and O–H groups in total. The number of nitrogens with zero attached hydrogens (tertiary/aromatic N) is 3. The molecule has 3 nitrogen and oxygen atoms in total. The molecule has 0 aliphatic carbocycles. The van der Waals surface area contributed by atoms with E-state index in [2.05, 4.69) is 51.2 Å². The van der Waals surface area contributed by atoms with Crippen LogP contribution in [0.4, 0.5) is 0 Å². The number of fused-ring (bicyclic) bond motifs is 3. The van der Waals surface area contributed by atoms with Crippen LogP contribution in [0.3, 0.4) is 0 Å². The summed E-state index contributed by atoms with van der Waals surface area (Å²) in [5, 5.41) is 8.83. The maximum Gasteiger partial charge on any atom is 0.168 e. The van der Waals surface area contributed by atoms with E-state index in [1.54, 1.807) is 0 Å². The molecule has 98 valence electrons. The first-order valence-electron chi connectivity index (χ1n) is 7.01. The molecule has 0 saturated heterocycles. The maximum absolute atomic E-state index is 4.42. The van der Waals surface area contributed by atoms with Gasteiger partial charge in [0, 0.05) is 12.0 Å². The monoisotopic (exact) mass is 261 g/mol. The lowest BCUT2D eigenvalue weighted by atomic mass is 10.1. The van der Waals surface area contributed by atoms with Crippen molar-refractivity contribution in [2.45, 2.75) is 19.3 Å². The van der Waals surface area contributed by atoms with Crippen LogP contribution in [0, 0.1) is 0 Å². The van der Waals surface area contributed by atoms with E-state index in [1.807, 2.05) is 18.2 Å². The van der Waals surface area contributed by atoms with Crippen LogP contribution in [0.15, 0.2) is 54.6 Å². The number of rotatable bonds is 1. The Morgan fingerprint density at radius 1 is 0.800 bits per heavy atom. The second kappa shape index (κ2) is 4.60. The highest BCUT2D eigenvalue weighted by Crippen LogP contribution is 2.28. The minimum absolute atomic E-state index is 0.940. The zero-order chi connectivity index (χ0) is 13.4. The Kier molecular flexibility index (Phi) is 2.62. The molecule has 1 aliphatic rings. The maximum atomic E-state index is 4.42. The fraction of sp³-hybridized carbons (Fsp3) is 0.176. The molecular formula is C17H15N3. The lowest BCUT2D eigenvalue weighted by Gasteiger charge is -2.11. The minimum atomic E-state index is 0.940. The van der Waals surface area contributed by atoms with Gasteiger partial charge in [0.1, 0.15) is 5.82 Å². The molecule has 0 radical (unpaired) electrons. The summed E-state index contributed by atoms with van der Waals surface area (Å²) in [6.07, 6.45) is 3.21. The average Bonchev–Trinajstić information content (AvgIpc) is 2.84. The third-order valence-corrected chi connectivity index (χ3v) is 3.84. The molecule has 2 aromatic carbocycles. The van der Waals surface area contributed by atoms with Gasteiger partial charge in [0.05, 0.1) is 5.69 Å². The number of para-hydroxylation sites is 1. The second-order valence-corrected chi connectivity index (χ2v) is 5.12. The molecule has 1 aliphatic heterocycles. The molecule has 20 heavy (non-hydrogen) atoms. The van der Waals surface area contributed by atoms with Crippen molar-refractivity contribution in [2.75, 3.05) is 0 Å². The summed E-state index contributed by atoms with van der Waals surface area (Å²) < 4.78 is 2.22. The normalized spacial score (nSPS) is 13.4. The Morgan fingerprint density at radius 3 is 2.50 bits per heavy atom. The molecular weight excluding hydrogens is 246 g/mol. The van der Waals surface area contributed by atoms with Gasteiger partial charge in [-0.05, 0) is 24.5 Å². The van der Waals surface area contributed by atoms with E-state index < -0.39 is 0 Å². The Morgan fingerprint density at radius 2 is 1.60 bits per heavy atom. The quantitative estimate of drug-likeness (QED) is 0.672. The Labute approximate surface area is 117 Å². The van der Waals surface area contributed by atoms with Crippen molar-refractivity contribution in [3.8, 4) is 17.1 Å². The molecule has 0 fully saturated rings. The van der Waals surface area contributed by atoms with Crippen LogP contribution in [-0.4, -0.2) is 14.8 Å². The summed E-state index contributed by atoms with van der Waals surface area (Å²) in [4.78, 5) is 0. The molecule has 1 aromatic heterocycles. The van der Waals surface area contributed by atoms with Gasteiger partial charge in [-0.3, -0.25) is 4.57 Å². The number of benzene rings is 2. The Hall–Kier alpha value is -2.42. The molecule has 2 heterocycles. The van der Waals surface area contributed by atoms with Crippen LogP contribution >= 0.6 is 0 Å². The van der Waals surface area contributed by atoms with E-state index in [0.717, 1.165) is 36.5 Å². The first-order valence-corrected chi connectivity index (χ1v) is 7.01. The Balaban J connectivity index is 1.98. The van der Waals surface area contributed by atoms with Gasteiger partial charge in [-0.1, -0.05) is 48.5 Å².